The summed E-state index contributed by atoms with van der Waals surface area (Å²) in [5.41, 5.74) is 1.85. The molecule has 2 heterocycles. The van der Waals surface area contributed by atoms with Gasteiger partial charge in [-0.1, -0.05) is 17.7 Å². The Morgan fingerprint density at radius 1 is 1.12 bits per heavy atom. The van der Waals surface area contributed by atoms with E-state index in [0.29, 0.717) is 31.5 Å². The minimum absolute atomic E-state index is 0.0603. The number of hydrogen-bond donors (Lipinski definition) is 0. The van der Waals surface area contributed by atoms with Crippen molar-refractivity contribution in [1.29, 1.82) is 0 Å². The lowest BCUT2D eigenvalue weighted by molar-refractivity contribution is 0.0605. The predicted molar refractivity (Wildman–Crippen MR) is 102 cm³/mol. The van der Waals surface area contributed by atoms with Gasteiger partial charge in [0.15, 0.2) is 0 Å². The molecule has 0 saturated carbocycles. The summed E-state index contributed by atoms with van der Waals surface area (Å²) in [6.45, 7) is 7.16. The summed E-state index contributed by atoms with van der Waals surface area (Å²) >= 11 is 1.80. The number of piperidine rings is 1. The third-order valence-electron chi connectivity index (χ3n) is 5.18. The lowest BCUT2D eigenvalue weighted by Gasteiger charge is -2.44. The first-order chi connectivity index (χ1) is 11.8. The van der Waals surface area contributed by atoms with E-state index >= 15 is 0 Å². The molecule has 1 aromatic carbocycles. The fourth-order valence-corrected chi connectivity index (χ4v) is 6.29. The third-order valence-corrected chi connectivity index (χ3v) is 9.01. The quantitative estimate of drug-likeness (QED) is 0.807. The smallest absolute Gasteiger partial charge is 0.254 e. The van der Waals surface area contributed by atoms with Crippen LogP contribution in [0.2, 0.25) is 0 Å². The van der Waals surface area contributed by atoms with Crippen LogP contribution >= 0.6 is 11.8 Å². The molecular formula is C18H26N2O3S2. The average molecular weight is 383 g/mol. The summed E-state index contributed by atoms with van der Waals surface area (Å²) in [4.78, 5) is 14.7. The Hall–Kier alpha value is -1.05. The standard InChI is InChI=1S/C18H26N2O3S2/c1-14(2)25(22,23)19-10-8-18(9-11-19)20(12-13-24-18)17(21)16-6-4-15(3)5-7-16/h4-7,14H,8-13H2,1-3H3. The summed E-state index contributed by atoms with van der Waals surface area (Å²) in [5, 5.41) is -0.400. The second-order valence-electron chi connectivity index (χ2n) is 7.11. The van der Waals surface area contributed by atoms with E-state index < -0.39 is 15.3 Å². The van der Waals surface area contributed by atoms with Crippen LogP contribution in [0, 0.1) is 6.92 Å². The number of sulfonamides is 1. The van der Waals surface area contributed by atoms with Gasteiger partial charge < -0.3 is 4.90 Å². The van der Waals surface area contributed by atoms with Gasteiger partial charge in [-0.3, -0.25) is 4.79 Å². The van der Waals surface area contributed by atoms with Crippen LogP contribution in [0.3, 0.4) is 0 Å². The monoisotopic (exact) mass is 382 g/mol. The fraction of sp³-hybridized carbons (Fsp3) is 0.611. The Bertz CT molecular complexity index is 736. The molecule has 138 valence electrons. The maximum Gasteiger partial charge on any atom is 0.254 e. The molecule has 7 heteroatoms. The number of amides is 1. The van der Waals surface area contributed by atoms with E-state index in [1.165, 1.54) is 0 Å². The summed E-state index contributed by atoms with van der Waals surface area (Å²) in [5.74, 6) is 0.972. The van der Waals surface area contributed by atoms with Crippen LogP contribution < -0.4 is 0 Å². The second kappa shape index (κ2) is 6.93. The zero-order valence-electron chi connectivity index (χ0n) is 15.1. The number of nitrogens with zero attached hydrogens (tertiary/aromatic N) is 2. The van der Waals surface area contributed by atoms with Crippen molar-refractivity contribution in [3.05, 3.63) is 35.4 Å². The number of hydrogen-bond acceptors (Lipinski definition) is 4. The third kappa shape index (κ3) is 3.46. The van der Waals surface area contributed by atoms with E-state index in [1.54, 1.807) is 29.9 Å². The average Bonchev–Trinajstić information content (AvgIpc) is 2.98. The minimum Gasteiger partial charge on any atom is -0.323 e. The van der Waals surface area contributed by atoms with Crippen molar-refractivity contribution in [1.82, 2.24) is 9.21 Å². The Morgan fingerprint density at radius 2 is 1.72 bits per heavy atom. The van der Waals surface area contributed by atoms with Crippen molar-refractivity contribution in [3.63, 3.8) is 0 Å². The molecule has 1 amide bonds. The van der Waals surface area contributed by atoms with E-state index in [4.69, 9.17) is 0 Å². The molecule has 2 aliphatic rings. The van der Waals surface area contributed by atoms with Crippen LogP contribution in [0.15, 0.2) is 24.3 Å². The van der Waals surface area contributed by atoms with Crippen LogP contribution in [-0.4, -0.2) is 59.0 Å². The summed E-state index contributed by atoms with van der Waals surface area (Å²) in [6, 6.07) is 7.68. The maximum absolute atomic E-state index is 13.0. The lowest BCUT2D eigenvalue weighted by Crippen LogP contribution is -2.54. The SMILES string of the molecule is Cc1ccc(C(=O)N2CCSC23CCN(S(=O)(=O)C(C)C)CC3)cc1. The van der Waals surface area contributed by atoms with E-state index in [0.717, 1.165) is 17.9 Å². The van der Waals surface area contributed by atoms with Crippen LogP contribution in [0.4, 0.5) is 0 Å². The van der Waals surface area contributed by atoms with Gasteiger partial charge in [-0.15, -0.1) is 11.8 Å². The van der Waals surface area contributed by atoms with Gasteiger partial charge in [-0.25, -0.2) is 12.7 Å². The van der Waals surface area contributed by atoms with E-state index in [-0.39, 0.29) is 10.8 Å². The van der Waals surface area contributed by atoms with Crippen molar-refractivity contribution in [2.45, 2.75) is 43.7 Å². The molecule has 2 fully saturated rings. The number of thioether (sulfide) groups is 1. The molecule has 25 heavy (non-hydrogen) atoms. The molecular weight excluding hydrogens is 356 g/mol. The highest BCUT2D eigenvalue weighted by atomic mass is 32.2. The molecule has 0 atom stereocenters. The predicted octanol–water partition coefficient (Wildman–Crippen LogP) is 2.71. The van der Waals surface area contributed by atoms with Crippen LogP contribution in [0.25, 0.3) is 0 Å². The fourth-order valence-electron chi connectivity index (χ4n) is 3.55. The zero-order chi connectivity index (χ0) is 18.2. The number of aryl methyl sites for hydroxylation is 1. The van der Waals surface area contributed by atoms with Gasteiger partial charge in [0, 0.05) is 31.0 Å². The Labute approximate surface area is 154 Å². The molecule has 0 unspecified atom stereocenters. The van der Waals surface area contributed by atoms with Gasteiger partial charge in [0.25, 0.3) is 5.91 Å². The molecule has 1 aromatic rings. The van der Waals surface area contributed by atoms with Crippen LogP contribution in [0.5, 0.6) is 0 Å². The van der Waals surface area contributed by atoms with Crippen molar-refractivity contribution in [3.8, 4) is 0 Å². The van der Waals surface area contributed by atoms with Gasteiger partial charge in [0.1, 0.15) is 0 Å². The molecule has 0 radical (unpaired) electrons. The van der Waals surface area contributed by atoms with Gasteiger partial charge in [-0.2, -0.15) is 0 Å². The first-order valence-electron chi connectivity index (χ1n) is 8.78. The summed E-state index contributed by atoms with van der Waals surface area (Å²) < 4.78 is 26.4. The Balaban J connectivity index is 1.76. The van der Waals surface area contributed by atoms with Crippen LogP contribution in [0.1, 0.15) is 42.6 Å². The summed E-state index contributed by atoms with van der Waals surface area (Å²) in [6.07, 6.45) is 1.39. The van der Waals surface area contributed by atoms with Gasteiger partial charge in [0.05, 0.1) is 10.1 Å². The number of carbonyl (C=O) groups excluding carboxylic acids is 1. The summed E-state index contributed by atoms with van der Waals surface area (Å²) in [7, 11) is -3.22. The Morgan fingerprint density at radius 3 is 2.28 bits per heavy atom. The maximum atomic E-state index is 13.0. The highest BCUT2D eigenvalue weighted by Crippen LogP contribution is 2.45. The van der Waals surface area contributed by atoms with E-state index in [9.17, 15) is 13.2 Å². The molecule has 5 nitrogen and oxygen atoms in total. The number of carbonyl (C=O) groups is 1. The molecule has 0 N–H and O–H groups in total. The highest BCUT2D eigenvalue weighted by molar-refractivity contribution is 8.00. The molecule has 0 aliphatic carbocycles. The van der Waals surface area contributed by atoms with E-state index in [1.807, 2.05) is 36.1 Å². The lowest BCUT2D eigenvalue weighted by atomic mass is 10.0. The van der Waals surface area contributed by atoms with Crippen LogP contribution in [-0.2, 0) is 10.0 Å². The highest BCUT2D eigenvalue weighted by Gasteiger charge is 2.48. The molecule has 2 saturated heterocycles. The zero-order valence-corrected chi connectivity index (χ0v) is 16.7. The first-order valence-corrected chi connectivity index (χ1v) is 11.3. The van der Waals surface area contributed by atoms with E-state index in [2.05, 4.69) is 0 Å². The largest absolute Gasteiger partial charge is 0.323 e. The van der Waals surface area contributed by atoms with Crippen molar-refractivity contribution in [2.24, 2.45) is 0 Å². The molecule has 0 aromatic heterocycles. The minimum atomic E-state index is -3.22. The molecule has 0 bridgehead atoms. The normalized spacial score (nSPS) is 21.2. The molecule has 1 spiro atoms. The molecule has 3 rings (SSSR count). The van der Waals surface area contributed by atoms with Gasteiger partial charge >= 0.3 is 0 Å². The number of rotatable bonds is 3. The van der Waals surface area contributed by atoms with Crippen molar-refractivity contribution >= 4 is 27.7 Å². The first kappa shape index (κ1) is 18.7. The van der Waals surface area contributed by atoms with Crippen molar-refractivity contribution in [2.75, 3.05) is 25.4 Å². The number of benzene rings is 1. The Kier molecular flexibility index (Phi) is 5.19. The second-order valence-corrected chi connectivity index (χ2v) is 11.1. The topological polar surface area (TPSA) is 57.7 Å². The molecule has 2 aliphatic heterocycles. The van der Waals surface area contributed by atoms with Gasteiger partial charge in [0.2, 0.25) is 10.0 Å². The van der Waals surface area contributed by atoms with Crippen molar-refractivity contribution < 1.29 is 13.2 Å². The van der Waals surface area contributed by atoms with Gasteiger partial charge in [-0.05, 0) is 45.7 Å².